The molecule has 0 bridgehead atoms. The normalized spacial score (nSPS) is 19.5. The summed E-state index contributed by atoms with van der Waals surface area (Å²) in [5.74, 6) is -0.245. The van der Waals surface area contributed by atoms with Crippen LogP contribution in [-0.2, 0) is 20.7 Å². The Kier molecular flexibility index (Phi) is 6.39. The van der Waals surface area contributed by atoms with Gasteiger partial charge in [-0.1, -0.05) is 49.4 Å². The first kappa shape index (κ1) is 21.2. The SMILES string of the molecule is CCC1COC(=O)N1C1CCN(C(=O)CNC(=O)Cc2ccc3ccccc3c2)CC1. The Morgan fingerprint density at radius 3 is 2.58 bits per heavy atom. The van der Waals surface area contributed by atoms with E-state index in [2.05, 4.69) is 12.2 Å². The lowest BCUT2D eigenvalue weighted by atomic mass is 10.0. The molecule has 1 unspecified atom stereocenters. The number of hydrogen-bond donors (Lipinski definition) is 1. The summed E-state index contributed by atoms with van der Waals surface area (Å²) in [6, 6.07) is 14.2. The van der Waals surface area contributed by atoms with E-state index in [1.165, 1.54) is 0 Å². The number of piperidine rings is 1. The molecule has 3 amide bonds. The van der Waals surface area contributed by atoms with Gasteiger partial charge in [-0.3, -0.25) is 14.5 Å². The summed E-state index contributed by atoms with van der Waals surface area (Å²) in [6.45, 7) is 3.69. The molecule has 0 aromatic heterocycles. The van der Waals surface area contributed by atoms with Crippen LogP contribution >= 0.6 is 0 Å². The van der Waals surface area contributed by atoms with Crippen LogP contribution in [0.25, 0.3) is 10.8 Å². The van der Waals surface area contributed by atoms with E-state index < -0.39 is 0 Å². The molecule has 1 N–H and O–H groups in total. The Morgan fingerprint density at radius 1 is 1.10 bits per heavy atom. The fourth-order valence-electron chi connectivity index (χ4n) is 4.51. The average molecular weight is 424 g/mol. The van der Waals surface area contributed by atoms with Gasteiger partial charge in [-0.25, -0.2) is 4.79 Å². The monoisotopic (exact) mass is 423 g/mol. The lowest BCUT2D eigenvalue weighted by Gasteiger charge is -2.37. The molecule has 164 valence electrons. The molecule has 2 fully saturated rings. The van der Waals surface area contributed by atoms with Crippen LogP contribution in [0.4, 0.5) is 4.79 Å². The Hall–Kier alpha value is -3.09. The second kappa shape index (κ2) is 9.37. The predicted octanol–water partition coefficient (Wildman–Crippen LogP) is 2.72. The first-order valence-corrected chi connectivity index (χ1v) is 11.0. The summed E-state index contributed by atoms with van der Waals surface area (Å²) in [5, 5.41) is 4.98. The standard InChI is InChI=1S/C24H29N3O4/c1-2-20-16-31-24(30)27(20)21-9-11-26(12-10-21)23(29)15-25-22(28)14-17-7-8-18-5-3-4-6-19(18)13-17/h3-8,13,20-21H,2,9-12,14-16H2,1H3,(H,25,28). The van der Waals surface area contributed by atoms with Crippen molar-refractivity contribution in [2.75, 3.05) is 26.2 Å². The summed E-state index contributed by atoms with van der Waals surface area (Å²) in [7, 11) is 0. The number of benzene rings is 2. The van der Waals surface area contributed by atoms with Crippen molar-refractivity contribution < 1.29 is 19.1 Å². The minimum atomic E-state index is -0.238. The molecule has 4 rings (SSSR count). The molecule has 0 radical (unpaired) electrons. The Balaban J connectivity index is 1.23. The van der Waals surface area contributed by atoms with E-state index in [-0.39, 0.29) is 43.0 Å². The van der Waals surface area contributed by atoms with Crippen molar-refractivity contribution >= 4 is 28.7 Å². The number of nitrogens with zero attached hydrogens (tertiary/aromatic N) is 2. The zero-order valence-corrected chi connectivity index (χ0v) is 17.9. The van der Waals surface area contributed by atoms with E-state index >= 15 is 0 Å². The van der Waals surface area contributed by atoms with Gasteiger partial charge in [-0.05, 0) is 35.6 Å². The molecule has 0 aliphatic carbocycles. The zero-order valence-electron chi connectivity index (χ0n) is 17.9. The van der Waals surface area contributed by atoms with Crippen LogP contribution < -0.4 is 5.32 Å². The molecular formula is C24H29N3O4. The van der Waals surface area contributed by atoms with Crippen molar-refractivity contribution in [3.8, 4) is 0 Å². The molecule has 2 saturated heterocycles. The maximum Gasteiger partial charge on any atom is 0.410 e. The van der Waals surface area contributed by atoms with Gasteiger partial charge in [0.2, 0.25) is 11.8 Å². The molecule has 0 saturated carbocycles. The highest BCUT2D eigenvalue weighted by Gasteiger charge is 2.38. The number of rotatable bonds is 6. The number of likely N-dealkylation sites (tertiary alicyclic amines) is 1. The fourth-order valence-corrected chi connectivity index (χ4v) is 4.51. The molecule has 2 aliphatic heterocycles. The summed E-state index contributed by atoms with van der Waals surface area (Å²) >= 11 is 0. The van der Waals surface area contributed by atoms with E-state index in [0.29, 0.717) is 19.7 Å². The number of nitrogens with one attached hydrogen (secondary N) is 1. The summed E-state index contributed by atoms with van der Waals surface area (Å²) < 4.78 is 5.19. The highest BCUT2D eigenvalue weighted by Crippen LogP contribution is 2.25. The van der Waals surface area contributed by atoms with Crippen LogP contribution in [0.3, 0.4) is 0 Å². The van der Waals surface area contributed by atoms with Crippen molar-refractivity contribution in [1.29, 1.82) is 0 Å². The van der Waals surface area contributed by atoms with Crippen molar-refractivity contribution in [3.63, 3.8) is 0 Å². The fraction of sp³-hybridized carbons (Fsp3) is 0.458. The largest absolute Gasteiger partial charge is 0.447 e. The smallest absolute Gasteiger partial charge is 0.410 e. The van der Waals surface area contributed by atoms with Crippen molar-refractivity contribution in [1.82, 2.24) is 15.1 Å². The topological polar surface area (TPSA) is 79.0 Å². The molecule has 2 aromatic rings. The minimum absolute atomic E-state index is 0.000419. The number of hydrogen-bond acceptors (Lipinski definition) is 4. The van der Waals surface area contributed by atoms with E-state index in [9.17, 15) is 14.4 Å². The molecule has 7 nitrogen and oxygen atoms in total. The third-order valence-corrected chi connectivity index (χ3v) is 6.30. The Bertz CT molecular complexity index is 968. The lowest BCUT2D eigenvalue weighted by molar-refractivity contribution is -0.134. The quantitative estimate of drug-likeness (QED) is 0.775. The van der Waals surface area contributed by atoms with Crippen molar-refractivity contribution in [3.05, 3.63) is 48.0 Å². The van der Waals surface area contributed by atoms with Gasteiger partial charge in [0.1, 0.15) is 6.61 Å². The highest BCUT2D eigenvalue weighted by molar-refractivity contribution is 5.88. The molecule has 2 aromatic carbocycles. The van der Waals surface area contributed by atoms with Crippen LogP contribution in [0.2, 0.25) is 0 Å². The van der Waals surface area contributed by atoms with E-state index in [1.54, 1.807) is 4.90 Å². The number of cyclic esters (lactones) is 1. The van der Waals surface area contributed by atoms with Gasteiger partial charge in [0.05, 0.1) is 19.0 Å². The van der Waals surface area contributed by atoms with Crippen LogP contribution in [0.5, 0.6) is 0 Å². The maximum atomic E-state index is 12.5. The highest BCUT2D eigenvalue weighted by atomic mass is 16.6. The lowest BCUT2D eigenvalue weighted by Crippen LogP contribution is -2.51. The molecule has 7 heteroatoms. The molecular weight excluding hydrogens is 394 g/mol. The Labute approximate surface area is 182 Å². The number of amides is 3. The molecule has 31 heavy (non-hydrogen) atoms. The van der Waals surface area contributed by atoms with E-state index in [4.69, 9.17) is 4.74 Å². The van der Waals surface area contributed by atoms with Gasteiger partial charge in [0.15, 0.2) is 0 Å². The van der Waals surface area contributed by atoms with Crippen LogP contribution in [0, 0.1) is 0 Å². The van der Waals surface area contributed by atoms with Gasteiger partial charge in [-0.15, -0.1) is 0 Å². The minimum Gasteiger partial charge on any atom is -0.447 e. The molecule has 1 atom stereocenters. The second-order valence-corrected chi connectivity index (χ2v) is 8.29. The summed E-state index contributed by atoms with van der Waals surface area (Å²) in [4.78, 5) is 40.5. The van der Waals surface area contributed by atoms with Crippen molar-refractivity contribution in [2.45, 2.75) is 44.7 Å². The van der Waals surface area contributed by atoms with Crippen LogP contribution in [0.1, 0.15) is 31.7 Å². The van der Waals surface area contributed by atoms with Gasteiger partial charge in [0, 0.05) is 19.1 Å². The molecule has 2 aliphatic rings. The third-order valence-electron chi connectivity index (χ3n) is 6.30. The van der Waals surface area contributed by atoms with Gasteiger partial charge < -0.3 is 15.0 Å². The van der Waals surface area contributed by atoms with E-state index in [0.717, 1.165) is 35.6 Å². The number of fused-ring (bicyclic) bond motifs is 1. The molecule has 2 heterocycles. The first-order chi connectivity index (χ1) is 15.0. The van der Waals surface area contributed by atoms with Crippen LogP contribution in [0.15, 0.2) is 42.5 Å². The summed E-state index contributed by atoms with van der Waals surface area (Å²) in [6.07, 6.45) is 2.35. The third kappa shape index (κ3) is 4.81. The number of carbonyl (C=O) groups excluding carboxylic acids is 3. The van der Waals surface area contributed by atoms with Gasteiger partial charge in [-0.2, -0.15) is 0 Å². The van der Waals surface area contributed by atoms with E-state index in [1.807, 2.05) is 47.4 Å². The Morgan fingerprint density at radius 2 is 1.84 bits per heavy atom. The average Bonchev–Trinajstić information content (AvgIpc) is 3.18. The predicted molar refractivity (Wildman–Crippen MR) is 118 cm³/mol. The number of ether oxygens (including phenoxy) is 1. The second-order valence-electron chi connectivity index (χ2n) is 8.29. The first-order valence-electron chi connectivity index (χ1n) is 11.0. The summed E-state index contributed by atoms with van der Waals surface area (Å²) in [5.41, 5.74) is 0.924. The number of carbonyl (C=O) groups is 3. The molecule has 0 spiro atoms. The van der Waals surface area contributed by atoms with Crippen molar-refractivity contribution in [2.24, 2.45) is 0 Å². The van der Waals surface area contributed by atoms with Crippen LogP contribution in [-0.4, -0.2) is 66.0 Å². The maximum absolute atomic E-state index is 12.5. The van der Waals surface area contributed by atoms with Gasteiger partial charge in [0.25, 0.3) is 0 Å². The zero-order chi connectivity index (χ0) is 21.8. The van der Waals surface area contributed by atoms with Gasteiger partial charge >= 0.3 is 6.09 Å².